The van der Waals surface area contributed by atoms with Crippen LogP contribution < -0.4 is 0 Å². The fraction of sp³-hybridized carbons (Fsp3) is 0.375. The van der Waals surface area contributed by atoms with E-state index < -0.39 is 0 Å². The summed E-state index contributed by atoms with van der Waals surface area (Å²) in [4.78, 5) is 19.9. The van der Waals surface area contributed by atoms with Gasteiger partial charge in [-0.25, -0.2) is 0 Å². The summed E-state index contributed by atoms with van der Waals surface area (Å²) < 4.78 is 0. The summed E-state index contributed by atoms with van der Waals surface area (Å²) in [7, 11) is 0. The molecule has 20 heavy (non-hydrogen) atoms. The monoisotopic (exact) mass is 286 g/mol. The van der Waals surface area contributed by atoms with Crippen molar-refractivity contribution < 1.29 is 4.79 Å². The van der Waals surface area contributed by atoms with E-state index in [2.05, 4.69) is 11.9 Å². The molecule has 0 N–H and O–H groups in total. The molecule has 3 rings (SSSR count). The molecule has 0 aromatic carbocycles. The van der Waals surface area contributed by atoms with Crippen molar-refractivity contribution in [3.8, 4) is 10.6 Å². The second kappa shape index (κ2) is 5.75. The van der Waals surface area contributed by atoms with Crippen LogP contribution in [0.15, 0.2) is 35.8 Å². The molecule has 1 unspecified atom stereocenters. The number of rotatable bonds is 2. The third kappa shape index (κ3) is 2.75. The molecule has 0 radical (unpaired) electrons. The third-order valence-electron chi connectivity index (χ3n) is 3.73. The summed E-state index contributed by atoms with van der Waals surface area (Å²) in [6.45, 7) is 3.94. The minimum absolute atomic E-state index is 0.113. The van der Waals surface area contributed by atoms with E-state index in [4.69, 9.17) is 0 Å². The van der Waals surface area contributed by atoms with E-state index in [9.17, 15) is 4.79 Å². The van der Waals surface area contributed by atoms with Crippen LogP contribution in [0.3, 0.4) is 0 Å². The van der Waals surface area contributed by atoms with Gasteiger partial charge in [-0.15, -0.1) is 11.3 Å². The number of hydrogen-bond acceptors (Lipinski definition) is 3. The van der Waals surface area contributed by atoms with Crippen molar-refractivity contribution >= 4 is 17.2 Å². The number of thiophene rings is 1. The Bertz CT molecular complexity index is 577. The van der Waals surface area contributed by atoms with E-state index in [1.165, 1.54) is 6.42 Å². The smallest absolute Gasteiger partial charge is 0.255 e. The maximum atomic E-state index is 12.4. The Balaban J connectivity index is 1.75. The number of aromatic nitrogens is 1. The van der Waals surface area contributed by atoms with E-state index in [1.807, 2.05) is 34.5 Å². The van der Waals surface area contributed by atoms with Gasteiger partial charge >= 0.3 is 0 Å². The fourth-order valence-electron chi connectivity index (χ4n) is 2.65. The zero-order chi connectivity index (χ0) is 13.9. The lowest BCUT2D eigenvalue weighted by Gasteiger charge is -2.30. The van der Waals surface area contributed by atoms with E-state index in [0.717, 1.165) is 30.1 Å². The van der Waals surface area contributed by atoms with Gasteiger partial charge in [0.05, 0.1) is 16.1 Å². The lowest BCUT2D eigenvalue weighted by molar-refractivity contribution is 0.0682. The second-order valence-corrected chi connectivity index (χ2v) is 6.36. The predicted octanol–water partition coefficient (Wildman–Crippen LogP) is 3.68. The minimum Gasteiger partial charge on any atom is -0.338 e. The van der Waals surface area contributed by atoms with Crippen LogP contribution in [0.4, 0.5) is 0 Å². The van der Waals surface area contributed by atoms with E-state index in [0.29, 0.717) is 11.5 Å². The molecular weight excluding hydrogens is 268 g/mol. The fourth-order valence-corrected chi connectivity index (χ4v) is 3.35. The lowest BCUT2D eigenvalue weighted by Crippen LogP contribution is -2.39. The van der Waals surface area contributed by atoms with Crippen molar-refractivity contribution in [1.29, 1.82) is 0 Å². The lowest BCUT2D eigenvalue weighted by atomic mass is 10.00. The highest BCUT2D eigenvalue weighted by Crippen LogP contribution is 2.23. The molecule has 2 aromatic rings. The summed E-state index contributed by atoms with van der Waals surface area (Å²) in [5.74, 6) is 0.716. The number of carbonyl (C=O) groups excluding carboxylic acids is 1. The summed E-state index contributed by atoms with van der Waals surface area (Å²) in [5.41, 5.74) is 1.63. The second-order valence-electron chi connectivity index (χ2n) is 5.41. The molecule has 0 spiro atoms. The molecular formula is C16H18N2OS. The Morgan fingerprint density at radius 1 is 1.40 bits per heavy atom. The van der Waals surface area contributed by atoms with Crippen molar-refractivity contribution in [2.45, 2.75) is 19.8 Å². The molecule has 0 aliphatic carbocycles. The summed E-state index contributed by atoms with van der Waals surface area (Å²) in [6, 6.07) is 7.88. The van der Waals surface area contributed by atoms with Gasteiger partial charge in [-0.1, -0.05) is 13.0 Å². The van der Waals surface area contributed by atoms with Crippen LogP contribution in [0.2, 0.25) is 0 Å². The van der Waals surface area contributed by atoms with Gasteiger partial charge in [0.25, 0.3) is 5.91 Å². The Morgan fingerprint density at radius 2 is 2.30 bits per heavy atom. The van der Waals surface area contributed by atoms with E-state index in [-0.39, 0.29) is 5.91 Å². The van der Waals surface area contributed by atoms with Crippen molar-refractivity contribution in [3.05, 3.63) is 41.4 Å². The largest absolute Gasteiger partial charge is 0.338 e. The van der Waals surface area contributed by atoms with Crippen LogP contribution in [0.5, 0.6) is 0 Å². The summed E-state index contributed by atoms with van der Waals surface area (Å²) in [5, 5.41) is 2.03. The van der Waals surface area contributed by atoms with Gasteiger partial charge in [0, 0.05) is 19.3 Å². The normalized spacial score (nSPS) is 19.1. The third-order valence-corrected chi connectivity index (χ3v) is 4.62. The topological polar surface area (TPSA) is 33.2 Å². The van der Waals surface area contributed by atoms with Crippen LogP contribution in [0.25, 0.3) is 10.6 Å². The van der Waals surface area contributed by atoms with Gasteiger partial charge in [-0.05, 0) is 42.3 Å². The van der Waals surface area contributed by atoms with Crippen LogP contribution in [0, 0.1) is 5.92 Å². The molecule has 104 valence electrons. The van der Waals surface area contributed by atoms with Crippen molar-refractivity contribution in [2.24, 2.45) is 5.92 Å². The average molecular weight is 286 g/mol. The quantitative estimate of drug-likeness (QED) is 0.843. The van der Waals surface area contributed by atoms with Crippen molar-refractivity contribution in [2.75, 3.05) is 13.1 Å². The molecule has 0 saturated carbocycles. The van der Waals surface area contributed by atoms with Gasteiger partial charge in [-0.2, -0.15) is 0 Å². The maximum Gasteiger partial charge on any atom is 0.255 e. The molecule has 1 fully saturated rings. The minimum atomic E-state index is 0.113. The Hall–Kier alpha value is -1.68. The summed E-state index contributed by atoms with van der Waals surface area (Å²) >= 11 is 1.66. The van der Waals surface area contributed by atoms with Gasteiger partial charge in [-0.3, -0.25) is 9.78 Å². The number of piperidine rings is 1. The highest BCUT2D eigenvalue weighted by atomic mass is 32.1. The number of pyridine rings is 1. The van der Waals surface area contributed by atoms with Gasteiger partial charge in [0.15, 0.2) is 0 Å². The van der Waals surface area contributed by atoms with Crippen LogP contribution in [-0.2, 0) is 0 Å². The van der Waals surface area contributed by atoms with Gasteiger partial charge in [0.2, 0.25) is 0 Å². The highest BCUT2D eigenvalue weighted by molar-refractivity contribution is 7.13. The van der Waals surface area contributed by atoms with Gasteiger partial charge < -0.3 is 4.90 Å². The maximum absolute atomic E-state index is 12.4. The van der Waals surface area contributed by atoms with E-state index >= 15 is 0 Å². The van der Waals surface area contributed by atoms with Crippen LogP contribution in [0.1, 0.15) is 30.1 Å². The standard InChI is InChI=1S/C16H18N2OS/c1-12-4-2-8-18(11-12)16(19)13-6-7-14(17-10-13)15-5-3-9-20-15/h3,5-7,9-10,12H,2,4,8,11H2,1H3. The SMILES string of the molecule is CC1CCCN(C(=O)c2ccc(-c3cccs3)nc2)C1. The van der Waals surface area contributed by atoms with E-state index in [1.54, 1.807) is 17.5 Å². The first kappa shape index (κ1) is 13.3. The molecule has 2 aromatic heterocycles. The Labute approximate surface area is 123 Å². The van der Waals surface area contributed by atoms with Crippen LogP contribution in [-0.4, -0.2) is 28.9 Å². The molecule has 0 bridgehead atoms. The first-order valence-electron chi connectivity index (χ1n) is 7.03. The number of nitrogens with zero attached hydrogens (tertiary/aromatic N) is 2. The zero-order valence-corrected chi connectivity index (χ0v) is 12.4. The molecule has 1 amide bonds. The summed E-state index contributed by atoms with van der Waals surface area (Å²) in [6.07, 6.45) is 4.03. The number of hydrogen-bond donors (Lipinski definition) is 0. The molecule has 4 heteroatoms. The molecule has 1 atom stereocenters. The van der Waals surface area contributed by atoms with Crippen LogP contribution >= 0.6 is 11.3 Å². The predicted molar refractivity (Wildman–Crippen MR) is 81.9 cm³/mol. The number of carbonyl (C=O) groups is 1. The first-order chi connectivity index (χ1) is 9.74. The molecule has 1 saturated heterocycles. The van der Waals surface area contributed by atoms with Crippen molar-refractivity contribution in [1.82, 2.24) is 9.88 Å². The molecule has 3 heterocycles. The number of likely N-dealkylation sites (tertiary alicyclic amines) is 1. The number of amides is 1. The molecule has 1 aliphatic heterocycles. The molecule has 1 aliphatic rings. The highest BCUT2D eigenvalue weighted by Gasteiger charge is 2.22. The average Bonchev–Trinajstić information content (AvgIpc) is 3.01. The first-order valence-corrected chi connectivity index (χ1v) is 7.91. The Morgan fingerprint density at radius 3 is 2.95 bits per heavy atom. The van der Waals surface area contributed by atoms with Gasteiger partial charge in [0.1, 0.15) is 0 Å². The zero-order valence-electron chi connectivity index (χ0n) is 11.6. The molecule has 3 nitrogen and oxygen atoms in total. The van der Waals surface area contributed by atoms with Crippen molar-refractivity contribution in [3.63, 3.8) is 0 Å². The Kier molecular flexibility index (Phi) is 3.83.